The Bertz CT molecular complexity index is 308. The summed E-state index contributed by atoms with van der Waals surface area (Å²) in [5, 5.41) is 10.3. The van der Waals surface area contributed by atoms with Crippen LogP contribution in [0, 0.1) is 24.0 Å². The summed E-state index contributed by atoms with van der Waals surface area (Å²) >= 11 is 0. The summed E-state index contributed by atoms with van der Waals surface area (Å²) in [4.78, 5) is 9.89. The molecule has 0 aliphatic heterocycles. The molecule has 0 amide bonds. The Hall–Kier alpha value is -1.38. The van der Waals surface area contributed by atoms with E-state index in [2.05, 4.69) is 13.8 Å². The summed E-state index contributed by atoms with van der Waals surface area (Å²) in [5.41, 5.74) is 2.20. The van der Waals surface area contributed by atoms with Gasteiger partial charge in [-0.05, 0) is 25.0 Å². The van der Waals surface area contributed by atoms with Gasteiger partial charge in [0.25, 0.3) is 5.69 Å². The normalized spacial score (nSPS) is 8.86. The lowest BCUT2D eigenvalue weighted by molar-refractivity contribution is -0.384. The van der Waals surface area contributed by atoms with E-state index >= 15 is 0 Å². The van der Waals surface area contributed by atoms with Crippen molar-refractivity contribution in [1.29, 1.82) is 0 Å². The van der Waals surface area contributed by atoms with Crippen molar-refractivity contribution >= 4 is 5.69 Å². The molecule has 0 aliphatic carbocycles. The largest absolute Gasteiger partial charge is 0.269 e. The van der Waals surface area contributed by atoms with E-state index in [1.807, 2.05) is 13.8 Å². The van der Waals surface area contributed by atoms with Crippen molar-refractivity contribution < 1.29 is 4.92 Å². The first-order chi connectivity index (χ1) is 6.52. The minimum atomic E-state index is -0.382. The van der Waals surface area contributed by atoms with Gasteiger partial charge >= 0.3 is 0 Å². The first-order valence-corrected chi connectivity index (χ1v) is 4.74. The summed E-state index contributed by atoms with van der Waals surface area (Å²) in [6.07, 6.45) is 1.25. The molecule has 0 saturated heterocycles. The maximum atomic E-state index is 10.3. The molecule has 0 N–H and O–H groups in total. The van der Waals surface area contributed by atoms with Gasteiger partial charge in [-0.1, -0.05) is 26.3 Å². The summed E-state index contributed by atoms with van der Waals surface area (Å²) in [5.74, 6) is 0. The lowest BCUT2D eigenvalue weighted by atomic mass is 10.1. The Kier molecular flexibility index (Phi) is 5.53. The predicted molar refractivity (Wildman–Crippen MR) is 58.5 cm³/mol. The van der Waals surface area contributed by atoms with Crippen LogP contribution in [0.5, 0.6) is 0 Å². The molecule has 0 heterocycles. The fourth-order valence-corrected chi connectivity index (χ4v) is 0.839. The number of non-ortho nitro benzene ring substituents is 1. The van der Waals surface area contributed by atoms with Gasteiger partial charge in [-0.15, -0.1) is 0 Å². The number of hydrogen-bond acceptors (Lipinski definition) is 2. The van der Waals surface area contributed by atoms with Gasteiger partial charge in [0.1, 0.15) is 0 Å². The van der Waals surface area contributed by atoms with E-state index in [1.54, 1.807) is 12.1 Å². The molecule has 0 spiro atoms. The SMILES string of the molecule is CCC.Cc1ccc([N+](=O)[O-])cc1C. The van der Waals surface area contributed by atoms with E-state index in [4.69, 9.17) is 0 Å². The highest BCUT2D eigenvalue weighted by Gasteiger charge is 2.04. The van der Waals surface area contributed by atoms with Crippen molar-refractivity contribution in [3.8, 4) is 0 Å². The quantitative estimate of drug-likeness (QED) is 0.507. The Balaban J connectivity index is 0.000000500. The van der Waals surface area contributed by atoms with Crippen LogP contribution in [0.1, 0.15) is 31.4 Å². The van der Waals surface area contributed by atoms with E-state index in [1.165, 1.54) is 12.5 Å². The van der Waals surface area contributed by atoms with Crippen LogP contribution in [-0.4, -0.2) is 4.92 Å². The zero-order chi connectivity index (χ0) is 11.1. The van der Waals surface area contributed by atoms with Gasteiger partial charge in [0.15, 0.2) is 0 Å². The number of nitro benzene ring substituents is 1. The van der Waals surface area contributed by atoms with Crippen molar-refractivity contribution in [2.45, 2.75) is 34.1 Å². The second-order valence-corrected chi connectivity index (χ2v) is 3.23. The van der Waals surface area contributed by atoms with E-state index in [9.17, 15) is 10.1 Å². The lowest BCUT2D eigenvalue weighted by Gasteiger charge is -1.97. The number of aryl methyl sites for hydroxylation is 2. The fourth-order valence-electron chi connectivity index (χ4n) is 0.839. The van der Waals surface area contributed by atoms with Crippen LogP contribution in [0.25, 0.3) is 0 Å². The molecule has 3 nitrogen and oxygen atoms in total. The average Bonchev–Trinajstić information content (AvgIpc) is 2.10. The second-order valence-electron chi connectivity index (χ2n) is 3.23. The molecular formula is C11H17NO2. The Labute approximate surface area is 84.9 Å². The molecule has 0 unspecified atom stereocenters. The Morgan fingerprint density at radius 1 is 1.21 bits per heavy atom. The first kappa shape index (κ1) is 12.6. The number of rotatable bonds is 1. The minimum absolute atomic E-state index is 0.160. The Morgan fingerprint density at radius 3 is 2.07 bits per heavy atom. The molecule has 0 fully saturated rings. The highest BCUT2D eigenvalue weighted by atomic mass is 16.6. The van der Waals surface area contributed by atoms with Crippen molar-refractivity contribution in [1.82, 2.24) is 0 Å². The third kappa shape index (κ3) is 4.03. The van der Waals surface area contributed by atoms with Crippen LogP contribution in [0.2, 0.25) is 0 Å². The molecule has 0 radical (unpaired) electrons. The summed E-state index contributed by atoms with van der Waals surface area (Å²) in [6, 6.07) is 4.85. The maximum absolute atomic E-state index is 10.3. The van der Waals surface area contributed by atoms with Gasteiger partial charge in [0.2, 0.25) is 0 Å². The molecule has 1 aromatic carbocycles. The van der Waals surface area contributed by atoms with Crippen LogP contribution in [0.4, 0.5) is 5.69 Å². The fraction of sp³-hybridized carbons (Fsp3) is 0.455. The monoisotopic (exact) mass is 195 g/mol. The van der Waals surface area contributed by atoms with Crippen LogP contribution in [0.3, 0.4) is 0 Å². The molecule has 1 aromatic rings. The third-order valence-electron chi connectivity index (χ3n) is 1.70. The molecule has 14 heavy (non-hydrogen) atoms. The molecular weight excluding hydrogens is 178 g/mol. The van der Waals surface area contributed by atoms with Crippen LogP contribution < -0.4 is 0 Å². The summed E-state index contributed by atoms with van der Waals surface area (Å²) in [6.45, 7) is 8.04. The lowest BCUT2D eigenvalue weighted by Crippen LogP contribution is -1.89. The van der Waals surface area contributed by atoms with Crippen LogP contribution in [-0.2, 0) is 0 Å². The molecule has 0 saturated carbocycles. The van der Waals surface area contributed by atoms with E-state index in [0.717, 1.165) is 11.1 Å². The standard InChI is InChI=1S/C8H9NO2.C3H8/c1-6-3-4-8(9(10)11)5-7(6)2;1-3-2/h3-5H,1-2H3;3H2,1-2H3. The Morgan fingerprint density at radius 2 is 1.71 bits per heavy atom. The zero-order valence-corrected chi connectivity index (χ0v) is 9.20. The number of benzene rings is 1. The summed E-state index contributed by atoms with van der Waals surface area (Å²) in [7, 11) is 0. The van der Waals surface area contributed by atoms with Crippen molar-refractivity contribution in [3.05, 3.63) is 39.4 Å². The average molecular weight is 195 g/mol. The highest BCUT2D eigenvalue weighted by molar-refractivity contribution is 5.38. The molecule has 0 atom stereocenters. The molecule has 0 bridgehead atoms. The number of nitrogens with zero attached hydrogens (tertiary/aromatic N) is 1. The van der Waals surface area contributed by atoms with Gasteiger partial charge in [-0.2, -0.15) is 0 Å². The maximum Gasteiger partial charge on any atom is 0.269 e. The van der Waals surface area contributed by atoms with E-state index < -0.39 is 0 Å². The van der Waals surface area contributed by atoms with Gasteiger partial charge in [-0.25, -0.2) is 0 Å². The van der Waals surface area contributed by atoms with Gasteiger partial charge in [0, 0.05) is 12.1 Å². The van der Waals surface area contributed by atoms with E-state index in [-0.39, 0.29) is 10.6 Å². The van der Waals surface area contributed by atoms with Crippen molar-refractivity contribution in [2.24, 2.45) is 0 Å². The van der Waals surface area contributed by atoms with Crippen molar-refractivity contribution in [2.75, 3.05) is 0 Å². The van der Waals surface area contributed by atoms with Gasteiger partial charge in [-0.3, -0.25) is 10.1 Å². The van der Waals surface area contributed by atoms with Crippen LogP contribution >= 0.6 is 0 Å². The number of nitro groups is 1. The molecule has 0 aromatic heterocycles. The molecule has 78 valence electrons. The minimum Gasteiger partial charge on any atom is -0.258 e. The molecule has 1 rings (SSSR count). The first-order valence-electron chi connectivity index (χ1n) is 4.74. The molecule has 0 aliphatic rings. The van der Waals surface area contributed by atoms with E-state index in [0.29, 0.717) is 0 Å². The third-order valence-corrected chi connectivity index (χ3v) is 1.70. The van der Waals surface area contributed by atoms with Gasteiger partial charge < -0.3 is 0 Å². The topological polar surface area (TPSA) is 43.1 Å². The smallest absolute Gasteiger partial charge is 0.258 e. The predicted octanol–water partition coefficient (Wildman–Crippen LogP) is 3.63. The molecule has 3 heteroatoms. The zero-order valence-electron chi connectivity index (χ0n) is 9.20. The second kappa shape index (κ2) is 6.13. The summed E-state index contributed by atoms with van der Waals surface area (Å²) < 4.78 is 0. The van der Waals surface area contributed by atoms with Gasteiger partial charge in [0.05, 0.1) is 4.92 Å². The van der Waals surface area contributed by atoms with Crippen molar-refractivity contribution in [3.63, 3.8) is 0 Å². The highest BCUT2D eigenvalue weighted by Crippen LogP contribution is 2.15. The van der Waals surface area contributed by atoms with Crippen LogP contribution in [0.15, 0.2) is 18.2 Å². The number of hydrogen-bond donors (Lipinski definition) is 0.